The molecule has 0 aliphatic heterocycles. The van der Waals surface area contributed by atoms with Crippen molar-refractivity contribution in [2.75, 3.05) is 26.4 Å². The van der Waals surface area contributed by atoms with E-state index in [1.165, 1.54) is 29.4 Å². The smallest absolute Gasteiger partial charge is 0.338 e. The van der Waals surface area contributed by atoms with Crippen LogP contribution in [0.2, 0.25) is 0 Å². The van der Waals surface area contributed by atoms with Crippen LogP contribution in [0.3, 0.4) is 0 Å². The summed E-state index contributed by atoms with van der Waals surface area (Å²) in [7, 11) is 0. The number of hydrogen-bond donors (Lipinski definition) is 2. The van der Waals surface area contributed by atoms with Crippen LogP contribution in [-0.2, 0) is 76.0 Å². The average Bonchev–Trinajstić information content (AvgIpc) is 0.830. The van der Waals surface area contributed by atoms with Gasteiger partial charge in [-0.25, -0.2) is 47.9 Å². The highest BCUT2D eigenvalue weighted by atomic mass is 16.6. The van der Waals surface area contributed by atoms with Gasteiger partial charge in [0.15, 0.2) is 0 Å². The number of carboxylic acid groups (broad SMARTS) is 2. The summed E-state index contributed by atoms with van der Waals surface area (Å²) >= 11 is 0. The van der Waals surface area contributed by atoms with Crippen LogP contribution < -0.4 is 0 Å². The van der Waals surface area contributed by atoms with Crippen LogP contribution in [0.25, 0.3) is 18.2 Å². The molecule has 4 atom stereocenters. The lowest BCUT2D eigenvalue weighted by Gasteiger charge is -2.35. The van der Waals surface area contributed by atoms with Crippen LogP contribution in [0, 0.1) is 11.3 Å². The minimum absolute atomic E-state index is 0.0769. The number of benzene rings is 10. The van der Waals surface area contributed by atoms with E-state index in [-0.39, 0.29) is 91.3 Å². The van der Waals surface area contributed by atoms with E-state index in [4.69, 9.17) is 48.1 Å². The molecule has 0 saturated carbocycles. The first kappa shape index (κ1) is 112. The summed E-state index contributed by atoms with van der Waals surface area (Å²) in [6.07, 6.45) is 18.1. The number of hydrogen-bond acceptors (Lipinski definition) is 18. The first-order chi connectivity index (χ1) is 64.6. The standard InChI is InChI=1S/C27H36O4.C23H24O4.C22H26O4.C21H22O4.2C11H14O2/c1-4-7-9-21-11-15-23(16-12-21)26(28)30-20-19-25(6-3)31-27(29)24-17-13-22(14-18-24)10-8-5-2;1-2-21(27-23(25)16-14-20-11-7-4-8-12-20)17-18-26-22(24)15-13-19-9-5-3-6-10-19;1-16(2)19(26-21(24)18-13-9-6-10-14-18)22(3,4)15-25-20(23)17-11-7-5-8-12-17;1-2-19(15-16-24-21(23)18-11-7-4-8-12-18)25-20(22)14-13-17-9-5-3-6-10-17;2*1-11(2,3)9-6-4-8(5-7-9)10(12)13/h11-18,25H,4-10,19-20H2,1-3H3;3-16,21H,2,17-18H2,1H3;5-14,16,19H,15H2,1-4H3;3-14,19H,2,15-16H2,1H3;2*4-7H,1-3H3,(H,12,13). The van der Waals surface area contributed by atoms with E-state index in [1.54, 1.807) is 115 Å². The van der Waals surface area contributed by atoms with Crippen molar-refractivity contribution < 1.29 is 96.1 Å². The second kappa shape index (κ2) is 61.0. The van der Waals surface area contributed by atoms with Crippen molar-refractivity contribution in [1.82, 2.24) is 0 Å². The van der Waals surface area contributed by atoms with Crippen molar-refractivity contribution in [2.24, 2.45) is 11.3 Å². The summed E-state index contributed by atoms with van der Waals surface area (Å²) in [5, 5.41) is 17.4. The maximum atomic E-state index is 12.4. The molecule has 0 fully saturated rings. The lowest BCUT2D eigenvalue weighted by atomic mass is 9.81. The molecule has 0 aliphatic rings. The number of esters is 8. The fourth-order valence-electron chi connectivity index (χ4n) is 13.0. The van der Waals surface area contributed by atoms with Gasteiger partial charge < -0.3 is 48.1 Å². The third kappa shape index (κ3) is 44.9. The third-order valence-electron chi connectivity index (χ3n) is 21.1. The molecule has 135 heavy (non-hydrogen) atoms. The molecule has 0 amide bonds. The molecule has 20 nitrogen and oxygen atoms in total. The number of aromatic carboxylic acids is 2. The summed E-state index contributed by atoms with van der Waals surface area (Å²) < 4.78 is 43.4. The minimum Gasteiger partial charge on any atom is -0.478 e. The molecule has 10 aromatic rings. The summed E-state index contributed by atoms with van der Waals surface area (Å²) in [6, 6.07) is 84.4. The van der Waals surface area contributed by atoms with E-state index in [1.807, 2.05) is 230 Å². The van der Waals surface area contributed by atoms with E-state index in [0.29, 0.717) is 77.5 Å². The van der Waals surface area contributed by atoms with E-state index in [0.717, 1.165) is 66.3 Å². The molecule has 716 valence electrons. The Labute approximate surface area is 798 Å². The molecule has 0 spiro atoms. The van der Waals surface area contributed by atoms with Gasteiger partial charge in [-0.1, -0.05) is 311 Å². The molecule has 0 aliphatic carbocycles. The third-order valence-corrected chi connectivity index (χ3v) is 21.1. The van der Waals surface area contributed by atoms with Crippen LogP contribution >= 0.6 is 0 Å². The Morgan fingerprint density at radius 2 is 0.578 bits per heavy atom. The van der Waals surface area contributed by atoms with E-state index < -0.39 is 41.4 Å². The van der Waals surface area contributed by atoms with Gasteiger partial charge in [0.1, 0.15) is 31.0 Å². The molecule has 20 heteroatoms. The molecular formula is C115H136O20. The van der Waals surface area contributed by atoms with Gasteiger partial charge in [-0.05, 0) is 204 Å². The second-order valence-electron chi connectivity index (χ2n) is 35.0. The molecular weight excluding hydrogens is 1700 g/mol. The molecule has 4 unspecified atom stereocenters. The zero-order chi connectivity index (χ0) is 99.0. The van der Waals surface area contributed by atoms with Crippen molar-refractivity contribution in [1.29, 1.82) is 0 Å². The van der Waals surface area contributed by atoms with Crippen LogP contribution in [0.1, 0.15) is 280 Å². The number of rotatable bonds is 39. The Kier molecular flexibility index (Phi) is 50.5. The average molecular weight is 1840 g/mol. The van der Waals surface area contributed by atoms with Crippen LogP contribution in [-0.4, -0.2) is 121 Å². The maximum Gasteiger partial charge on any atom is 0.338 e. The number of ether oxygens (including phenoxy) is 8. The summed E-state index contributed by atoms with van der Waals surface area (Å²) in [5.74, 6) is -4.68. The molecule has 10 aromatic carbocycles. The number of aryl methyl sites for hydroxylation is 2. The quantitative estimate of drug-likeness (QED) is 0.0206. The van der Waals surface area contributed by atoms with Crippen molar-refractivity contribution in [3.63, 3.8) is 0 Å². The molecule has 0 aromatic heterocycles. The zero-order valence-electron chi connectivity index (χ0n) is 81.0. The topological polar surface area (TPSA) is 285 Å². The van der Waals surface area contributed by atoms with Gasteiger partial charge >= 0.3 is 59.7 Å². The molecule has 2 N–H and O–H groups in total. The van der Waals surface area contributed by atoms with E-state index in [2.05, 4.69) is 55.4 Å². The van der Waals surface area contributed by atoms with Crippen LogP contribution in [0.5, 0.6) is 0 Å². The lowest BCUT2D eigenvalue weighted by Crippen LogP contribution is -2.41. The van der Waals surface area contributed by atoms with Crippen LogP contribution in [0.4, 0.5) is 0 Å². The fraction of sp³-hybridized carbons (Fsp3) is 0.339. The van der Waals surface area contributed by atoms with Crippen molar-refractivity contribution in [2.45, 2.75) is 216 Å². The Balaban J connectivity index is 0.000000293. The van der Waals surface area contributed by atoms with Gasteiger partial charge in [0.25, 0.3) is 0 Å². The van der Waals surface area contributed by atoms with Crippen molar-refractivity contribution >= 4 is 77.9 Å². The maximum absolute atomic E-state index is 12.4. The predicted octanol–water partition coefficient (Wildman–Crippen LogP) is 25.6. The van der Waals surface area contributed by atoms with Gasteiger partial charge in [-0.2, -0.15) is 0 Å². The Bertz CT molecular complexity index is 5180. The first-order valence-corrected chi connectivity index (χ1v) is 46.3. The Hall–Kier alpha value is -13.9. The lowest BCUT2D eigenvalue weighted by molar-refractivity contribution is -0.146. The highest BCUT2D eigenvalue weighted by molar-refractivity contribution is 5.93. The van der Waals surface area contributed by atoms with E-state index >= 15 is 0 Å². The fourth-order valence-corrected chi connectivity index (χ4v) is 13.0. The van der Waals surface area contributed by atoms with Gasteiger partial charge in [-0.3, -0.25) is 0 Å². The SMILES string of the molecule is CC(C)(C)c1ccc(C(=O)O)cc1.CC(C)(C)c1ccc(C(=O)O)cc1.CC(C)C(OC(=O)c1ccccc1)C(C)(C)COC(=O)c1ccccc1.CCC(CCOC(=O)C=Cc1ccccc1)OC(=O)C=Cc1ccccc1.CCC(CCOC(=O)c1ccccc1)OC(=O)C=Cc1ccccc1.CCCCc1ccc(C(=O)OCCC(CC)OC(=O)c2ccc(CCCC)cc2)cc1. The van der Waals surface area contributed by atoms with Crippen LogP contribution in [0.15, 0.2) is 297 Å². The second-order valence-corrected chi connectivity index (χ2v) is 35.0. The van der Waals surface area contributed by atoms with Crippen molar-refractivity contribution in [3.05, 3.63) is 375 Å². The largest absolute Gasteiger partial charge is 0.478 e. The molecule has 0 bridgehead atoms. The molecule has 0 radical (unpaired) electrons. The van der Waals surface area contributed by atoms with E-state index in [9.17, 15) is 47.9 Å². The monoisotopic (exact) mass is 1840 g/mol. The minimum atomic E-state index is -0.875. The Morgan fingerprint density at radius 3 is 0.889 bits per heavy atom. The summed E-state index contributed by atoms with van der Waals surface area (Å²) in [5.41, 5.74) is 10.5. The number of carboxylic acids is 2. The van der Waals surface area contributed by atoms with Gasteiger partial charge in [0.2, 0.25) is 0 Å². The zero-order valence-corrected chi connectivity index (χ0v) is 81.0. The highest BCUT2D eigenvalue weighted by Gasteiger charge is 2.37. The Morgan fingerprint density at radius 1 is 0.304 bits per heavy atom. The molecule has 10 rings (SSSR count). The number of unbranched alkanes of at least 4 members (excludes halogenated alkanes) is 2. The normalized spacial score (nSPS) is 11.9. The summed E-state index contributed by atoms with van der Waals surface area (Å²) in [6.45, 7) is 31.4. The number of carbonyl (C=O) groups excluding carboxylic acids is 8. The molecule has 0 heterocycles. The molecule has 0 saturated heterocycles. The van der Waals surface area contributed by atoms with Gasteiger partial charge in [-0.15, -0.1) is 0 Å². The van der Waals surface area contributed by atoms with Gasteiger partial charge in [0, 0.05) is 42.9 Å². The number of carbonyl (C=O) groups is 10. The van der Waals surface area contributed by atoms with Gasteiger partial charge in [0.05, 0.1) is 58.8 Å². The predicted molar refractivity (Wildman–Crippen MR) is 533 cm³/mol. The first-order valence-electron chi connectivity index (χ1n) is 46.3. The van der Waals surface area contributed by atoms with Crippen molar-refractivity contribution in [3.8, 4) is 0 Å². The highest BCUT2D eigenvalue weighted by Crippen LogP contribution is 2.32. The summed E-state index contributed by atoms with van der Waals surface area (Å²) in [4.78, 5) is 118.